The summed E-state index contributed by atoms with van der Waals surface area (Å²) < 4.78 is 0. The molecule has 3 nitrogen and oxygen atoms in total. The van der Waals surface area contributed by atoms with Crippen molar-refractivity contribution in [1.82, 2.24) is 9.97 Å². The Morgan fingerprint density at radius 1 is 0.604 bits per heavy atom. The molecule has 230 valence electrons. The van der Waals surface area contributed by atoms with E-state index in [0.29, 0.717) is 11.4 Å². The number of benzene rings is 6. The summed E-state index contributed by atoms with van der Waals surface area (Å²) in [5.41, 5.74) is 9.75. The molecular weight excluding hydrogens is 583 g/mol. The van der Waals surface area contributed by atoms with E-state index in [1.54, 1.807) is 12.2 Å². The molecule has 0 N–H and O–H groups in total. The van der Waals surface area contributed by atoms with Gasteiger partial charge in [0.15, 0.2) is 5.82 Å². The van der Waals surface area contributed by atoms with Crippen molar-refractivity contribution in [3.05, 3.63) is 176 Å². The molecule has 3 heteroatoms. The fourth-order valence-electron chi connectivity index (χ4n) is 5.96. The number of nitriles is 1. The van der Waals surface area contributed by atoms with E-state index in [-0.39, 0.29) is 0 Å². The smallest absolute Gasteiger partial charge is 0.160 e. The molecule has 0 aliphatic carbocycles. The lowest BCUT2D eigenvalue weighted by molar-refractivity contribution is 1.16. The summed E-state index contributed by atoms with van der Waals surface area (Å²) >= 11 is 0. The normalized spacial score (nSPS) is 11.0. The first-order valence-electron chi connectivity index (χ1n) is 16.1. The van der Waals surface area contributed by atoms with Gasteiger partial charge in [0.2, 0.25) is 0 Å². The molecule has 7 aromatic rings. The first-order chi connectivity index (χ1) is 23.6. The van der Waals surface area contributed by atoms with Crippen LogP contribution in [0.25, 0.3) is 72.0 Å². The molecule has 0 spiro atoms. The van der Waals surface area contributed by atoms with Gasteiger partial charge in [-0.15, -0.1) is 0 Å². The van der Waals surface area contributed by atoms with Crippen molar-refractivity contribution in [3.63, 3.8) is 0 Å². The van der Waals surface area contributed by atoms with E-state index in [0.717, 1.165) is 55.6 Å². The largest absolute Gasteiger partial charge is 0.228 e. The lowest BCUT2D eigenvalue weighted by Crippen LogP contribution is -1.97. The first kappa shape index (κ1) is 31.6. The number of allylic oxidation sites excluding steroid dienone is 4. The second-order valence-electron chi connectivity index (χ2n) is 11.1. The summed E-state index contributed by atoms with van der Waals surface area (Å²) in [4.78, 5) is 9.90. The van der Waals surface area contributed by atoms with Crippen molar-refractivity contribution < 1.29 is 0 Å². The average molecular weight is 618 g/mol. The molecule has 1 aromatic heterocycles. The highest BCUT2D eigenvalue weighted by Crippen LogP contribution is 2.36. The molecule has 1 heterocycles. The van der Waals surface area contributed by atoms with Gasteiger partial charge < -0.3 is 0 Å². The Bertz CT molecular complexity index is 2340. The zero-order chi connectivity index (χ0) is 33.5. The van der Waals surface area contributed by atoms with Crippen LogP contribution >= 0.6 is 0 Å². The number of aromatic nitrogens is 2. The third-order valence-electron chi connectivity index (χ3n) is 8.27. The van der Waals surface area contributed by atoms with Crippen molar-refractivity contribution in [2.75, 3.05) is 0 Å². The van der Waals surface area contributed by atoms with E-state index in [9.17, 15) is 5.26 Å². The third-order valence-corrected chi connectivity index (χ3v) is 8.27. The van der Waals surface area contributed by atoms with Gasteiger partial charge in [-0.3, -0.25) is 0 Å². The third kappa shape index (κ3) is 6.33. The van der Waals surface area contributed by atoms with Gasteiger partial charge in [-0.05, 0) is 73.6 Å². The monoisotopic (exact) mass is 617 g/mol. The standard InChI is InChI=1S/C43H29N3.C2H6/c1-3-10-30(4-2)41-27-42(32-11-6-5-7-12-32)46-43(45-41)33-21-19-31(20-22-33)37-13-8-16-40-38(14-9-15-39(37)40)36-24-23-34-25-29(28-44)17-18-35(34)26-36;1-2/h3-27H,1-2H2;1-2H3/b30-10+;. The van der Waals surface area contributed by atoms with E-state index in [1.165, 1.54) is 16.3 Å². The van der Waals surface area contributed by atoms with Crippen LogP contribution in [0.2, 0.25) is 0 Å². The van der Waals surface area contributed by atoms with Gasteiger partial charge in [0.1, 0.15) is 0 Å². The summed E-state index contributed by atoms with van der Waals surface area (Å²) in [7, 11) is 0. The SMILES string of the molecule is C=C/C=C(\C=C)c1cc(-c2ccccc2)nc(-c2ccc(-c3cccc4c(-c5ccc6cc(C#N)ccc6c5)cccc34)cc2)n1.CC. The maximum absolute atomic E-state index is 9.29. The molecule has 0 saturated heterocycles. The van der Waals surface area contributed by atoms with Crippen molar-refractivity contribution in [2.45, 2.75) is 13.8 Å². The highest BCUT2D eigenvalue weighted by molar-refractivity contribution is 6.05. The van der Waals surface area contributed by atoms with Gasteiger partial charge in [0.05, 0.1) is 23.0 Å². The molecule has 48 heavy (non-hydrogen) atoms. The summed E-state index contributed by atoms with van der Waals surface area (Å²) in [5.74, 6) is 0.651. The maximum Gasteiger partial charge on any atom is 0.160 e. The van der Waals surface area contributed by atoms with Crippen LogP contribution in [-0.2, 0) is 0 Å². The van der Waals surface area contributed by atoms with Crippen molar-refractivity contribution >= 4 is 27.1 Å². The maximum atomic E-state index is 9.29. The minimum atomic E-state index is 0.651. The zero-order valence-corrected chi connectivity index (χ0v) is 27.2. The molecule has 0 amide bonds. The Morgan fingerprint density at radius 2 is 1.23 bits per heavy atom. The summed E-state index contributed by atoms with van der Waals surface area (Å²) in [5, 5.41) is 13.8. The van der Waals surface area contributed by atoms with Crippen molar-refractivity contribution in [1.29, 1.82) is 5.26 Å². The van der Waals surface area contributed by atoms with E-state index in [1.807, 2.05) is 62.4 Å². The lowest BCUT2D eigenvalue weighted by atomic mass is 9.92. The fraction of sp³-hybridized carbons (Fsp3) is 0.0444. The molecule has 0 saturated carbocycles. The molecular formula is C45H35N3. The number of hydrogen-bond acceptors (Lipinski definition) is 3. The Kier molecular flexibility index (Phi) is 9.46. The van der Waals surface area contributed by atoms with Crippen LogP contribution in [0.4, 0.5) is 0 Å². The number of hydrogen-bond donors (Lipinski definition) is 0. The van der Waals surface area contributed by atoms with Crippen LogP contribution in [0, 0.1) is 11.3 Å². The number of rotatable bonds is 7. The highest BCUT2D eigenvalue weighted by atomic mass is 14.9. The zero-order valence-electron chi connectivity index (χ0n) is 27.2. The van der Waals surface area contributed by atoms with E-state index in [2.05, 4.69) is 110 Å². The molecule has 0 aliphatic rings. The van der Waals surface area contributed by atoms with Crippen LogP contribution in [-0.4, -0.2) is 9.97 Å². The lowest BCUT2D eigenvalue weighted by Gasteiger charge is -2.13. The quantitative estimate of drug-likeness (QED) is 0.167. The van der Waals surface area contributed by atoms with Gasteiger partial charge in [0.25, 0.3) is 0 Å². The second-order valence-corrected chi connectivity index (χ2v) is 11.1. The number of nitrogens with zero attached hydrogens (tertiary/aromatic N) is 3. The van der Waals surface area contributed by atoms with E-state index in [4.69, 9.17) is 9.97 Å². The van der Waals surface area contributed by atoms with Gasteiger partial charge in [-0.1, -0.05) is 154 Å². The Labute approximate surface area is 282 Å². The van der Waals surface area contributed by atoms with Crippen LogP contribution in [0.5, 0.6) is 0 Å². The molecule has 0 fully saturated rings. The summed E-state index contributed by atoms with van der Waals surface area (Å²) in [6.07, 6.45) is 5.45. The van der Waals surface area contributed by atoms with Crippen molar-refractivity contribution in [2.24, 2.45) is 0 Å². The highest BCUT2D eigenvalue weighted by Gasteiger charge is 2.13. The van der Waals surface area contributed by atoms with Gasteiger partial charge in [0, 0.05) is 11.1 Å². The average Bonchev–Trinajstić information content (AvgIpc) is 3.17. The molecule has 7 rings (SSSR count). The van der Waals surface area contributed by atoms with Crippen molar-refractivity contribution in [3.8, 4) is 51.0 Å². The van der Waals surface area contributed by atoms with E-state index >= 15 is 0 Å². The second kappa shape index (κ2) is 14.4. The molecule has 0 radical (unpaired) electrons. The van der Waals surface area contributed by atoms with Gasteiger partial charge in [-0.25, -0.2) is 9.97 Å². The minimum absolute atomic E-state index is 0.651. The Morgan fingerprint density at radius 3 is 1.90 bits per heavy atom. The van der Waals surface area contributed by atoms with Crippen LogP contribution in [0.15, 0.2) is 165 Å². The minimum Gasteiger partial charge on any atom is -0.228 e. The van der Waals surface area contributed by atoms with Crippen LogP contribution in [0.1, 0.15) is 25.1 Å². The van der Waals surface area contributed by atoms with Crippen LogP contribution in [0.3, 0.4) is 0 Å². The summed E-state index contributed by atoms with van der Waals surface area (Å²) in [6, 6.07) is 48.1. The fourth-order valence-corrected chi connectivity index (χ4v) is 5.96. The van der Waals surface area contributed by atoms with Crippen LogP contribution < -0.4 is 0 Å². The Balaban J connectivity index is 0.00000197. The molecule has 0 unspecified atom stereocenters. The molecule has 0 aliphatic heterocycles. The topological polar surface area (TPSA) is 49.6 Å². The Hall–Kier alpha value is -6.37. The van der Waals surface area contributed by atoms with Gasteiger partial charge >= 0.3 is 0 Å². The summed E-state index contributed by atoms with van der Waals surface area (Å²) in [6.45, 7) is 11.8. The predicted molar refractivity (Wildman–Crippen MR) is 203 cm³/mol. The first-order valence-corrected chi connectivity index (χ1v) is 16.1. The molecule has 6 aromatic carbocycles. The molecule has 0 bridgehead atoms. The predicted octanol–water partition coefficient (Wildman–Crippen LogP) is 12.1. The van der Waals surface area contributed by atoms with E-state index < -0.39 is 0 Å². The number of fused-ring (bicyclic) bond motifs is 2. The van der Waals surface area contributed by atoms with Gasteiger partial charge in [-0.2, -0.15) is 5.26 Å². The molecule has 0 atom stereocenters.